The third-order valence-electron chi connectivity index (χ3n) is 4.29. The summed E-state index contributed by atoms with van der Waals surface area (Å²) in [5.74, 6) is -0.969. The Hall–Kier alpha value is -2.89. The first-order valence-corrected chi connectivity index (χ1v) is 8.54. The lowest BCUT2D eigenvalue weighted by molar-refractivity contribution is -0.121. The van der Waals surface area contributed by atoms with Crippen molar-refractivity contribution in [2.45, 2.75) is 31.4 Å². The van der Waals surface area contributed by atoms with E-state index >= 15 is 0 Å². The van der Waals surface area contributed by atoms with E-state index in [1.54, 1.807) is 6.07 Å². The molecule has 11 heteroatoms. The second-order valence-electron chi connectivity index (χ2n) is 6.27. The summed E-state index contributed by atoms with van der Waals surface area (Å²) in [6.07, 6.45) is -0.300. The first-order chi connectivity index (χ1) is 13.5. The van der Waals surface area contributed by atoms with E-state index in [0.29, 0.717) is 12.0 Å². The summed E-state index contributed by atoms with van der Waals surface area (Å²) in [6.45, 7) is -0.794. The first-order valence-electron chi connectivity index (χ1n) is 8.54. The molecule has 0 fully saturated rings. The molecule has 0 radical (unpaired) electrons. The van der Waals surface area contributed by atoms with E-state index in [9.17, 15) is 19.5 Å². The van der Waals surface area contributed by atoms with Crippen LogP contribution in [0.5, 0.6) is 5.88 Å². The number of aliphatic imine (C=N–C) groups is 1. The van der Waals surface area contributed by atoms with E-state index in [2.05, 4.69) is 19.9 Å². The van der Waals surface area contributed by atoms with E-state index in [1.807, 2.05) is 5.48 Å². The number of hydrogen-bond donors (Lipinski definition) is 4. The normalized spacial score (nSPS) is 16.9. The average molecular weight is 394 g/mol. The lowest BCUT2D eigenvalue weighted by Crippen LogP contribution is -2.26. The molecule has 2 atom stereocenters. The van der Waals surface area contributed by atoms with Crippen molar-refractivity contribution in [3.8, 4) is 5.88 Å². The summed E-state index contributed by atoms with van der Waals surface area (Å²) in [5.41, 5.74) is 3.50. The Morgan fingerprint density at radius 2 is 2.29 bits per heavy atom. The summed E-state index contributed by atoms with van der Waals surface area (Å²) in [4.78, 5) is 16.1. The average Bonchev–Trinajstić information content (AvgIpc) is 3.15. The molecule has 0 aliphatic heterocycles. The van der Waals surface area contributed by atoms with Crippen molar-refractivity contribution in [1.29, 1.82) is 0 Å². The van der Waals surface area contributed by atoms with Crippen LogP contribution in [0.1, 0.15) is 35.7 Å². The first kappa shape index (κ1) is 19.9. The number of carbonyl (C=O) groups is 1. The van der Waals surface area contributed by atoms with E-state index < -0.39 is 12.7 Å². The molecule has 150 valence electrons. The van der Waals surface area contributed by atoms with Gasteiger partial charge in [-0.2, -0.15) is 0 Å². The summed E-state index contributed by atoms with van der Waals surface area (Å²) < 4.78 is 23.2. The second-order valence-corrected chi connectivity index (χ2v) is 6.27. The Bertz CT molecular complexity index is 871. The third-order valence-corrected chi connectivity index (χ3v) is 4.29. The van der Waals surface area contributed by atoms with Crippen molar-refractivity contribution < 1.29 is 34.0 Å². The lowest BCUT2D eigenvalue weighted by atomic mass is 9.83. The van der Waals surface area contributed by atoms with E-state index in [0.717, 1.165) is 5.56 Å². The van der Waals surface area contributed by atoms with Crippen LogP contribution in [0.2, 0.25) is 0 Å². The molecular formula is C17H19FN4O6. The highest BCUT2D eigenvalue weighted by Gasteiger charge is 2.28. The minimum atomic E-state index is -0.972. The Kier molecular flexibility index (Phi) is 6.29. The molecule has 1 aromatic heterocycles. The van der Waals surface area contributed by atoms with Gasteiger partial charge in [0, 0.05) is 6.42 Å². The minimum absolute atomic E-state index is 0.00591. The van der Waals surface area contributed by atoms with Gasteiger partial charge < -0.3 is 14.9 Å². The molecule has 1 aromatic carbocycles. The van der Waals surface area contributed by atoms with Crippen molar-refractivity contribution in [3.05, 3.63) is 40.8 Å². The van der Waals surface area contributed by atoms with Gasteiger partial charge >= 0.3 is 0 Å². The number of ether oxygens (including phenoxy) is 1. The zero-order valence-corrected chi connectivity index (χ0v) is 14.7. The van der Waals surface area contributed by atoms with Crippen LogP contribution in [0.15, 0.2) is 27.8 Å². The van der Waals surface area contributed by atoms with Crippen LogP contribution in [-0.2, 0) is 11.2 Å². The standard InChI is InChI=1S/C17H19FN4O6/c18-10-2-1-9-5-14(13(9)6-10)19-16(20-26)15-17(22-28-21-15)27-8-12(25)4-3-11(24)7-23/h1-2,6,11,14,23-24,26H,3-5,7-8H2,(H,19,20)/t11-,14+/m1/s1. The quantitative estimate of drug-likeness (QED) is 0.268. The number of nitrogens with zero attached hydrogens (tertiary/aromatic N) is 3. The summed E-state index contributed by atoms with van der Waals surface area (Å²) in [6, 6.07) is 4.04. The monoisotopic (exact) mass is 394 g/mol. The summed E-state index contributed by atoms with van der Waals surface area (Å²) in [7, 11) is 0. The molecule has 10 nitrogen and oxygen atoms in total. The van der Waals surface area contributed by atoms with E-state index in [1.165, 1.54) is 12.1 Å². The highest BCUT2D eigenvalue weighted by atomic mass is 19.1. The highest BCUT2D eigenvalue weighted by molar-refractivity contribution is 5.98. The predicted molar refractivity (Wildman–Crippen MR) is 91.4 cm³/mol. The maximum absolute atomic E-state index is 13.4. The molecule has 1 aliphatic carbocycles. The van der Waals surface area contributed by atoms with Gasteiger partial charge in [-0.05, 0) is 46.4 Å². The van der Waals surface area contributed by atoms with Crippen LogP contribution < -0.4 is 10.2 Å². The van der Waals surface area contributed by atoms with E-state index in [4.69, 9.17) is 9.84 Å². The fourth-order valence-electron chi connectivity index (χ4n) is 2.72. The van der Waals surface area contributed by atoms with Gasteiger partial charge in [-0.15, -0.1) is 0 Å². The Morgan fingerprint density at radius 1 is 1.46 bits per heavy atom. The van der Waals surface area contributed by atoms with Crippen LogP contribution in [0, 0.1) is 5.82 Å². The molecule has 28 heavy (non-hydrogen) atoms. The van der Waals surface area contributed by atoms with Gasteiger partial charge in [-0.25, -0.2) is 9.02 Å². The van der Waals surface area contributed by atoms with Crippen molar-refractivity contribution in [1.82, 2.24) is 15.8 Å². The SMILES string of the molecule is O=C(CC[C@@H](O)CO)COc1nonc1C(=N[C@H]1Cc2ccc(F)cc21)NO. The molecule has 0 unspecified atom stereocenters. The molecule has 0 spiro atoms. The number of fused-ring (bicyclic) bond motifs is 1. The maximum Gasteiger partial charge on any atom is 0.287 e. The summed E-state index contributed by atoms with van der Waals surface area (Å²) in [5, 5.41) is 34.5. The number of carbonyl (C=O) groups excluding carboxylic acids is 1. The topological polar surface area (TPSA) is 150 Å². The Labute approximate surface area is 158 Å². The molecular weight excluding hydrogens is 375 g/mol. The number of hydrogen-bond acceptors (Lipinski definition) is 9. The lowest BCUT2D eigenvalue weighted by Gasteiger charge is -2.27. The molecule has 2 aromatic rings. The summed E-state index contributed by atoms with van der Waals surface area (Å²) >= 11 is 0. The number of aromatic nitrogens is 2. The van der Waals surface area contributed by atoms with Crippen molar-refractivity contribution >= 4 is 11.6 Å². The van der Waals surface area contributed by atoms with Crippen LogP contribution in [0.3, 0.4) is 0 Å². The van der Waals surface area contributed by atoms with Gasteiger partial charge in [0.2, 0.25) is 5.69 Å². The third kappa shape index (κ3) is 4.50. The molecule has 3 rings (SSSR count). The van der Waals surface area contributed by atoms with Crippen LogP contribution in [0.4, 0.5) is 4.39 Å². The largest absolute Gasteiger partial charge is 0.466 e. The minimum Gasteiger partial charge on any atom is -0.466 e. The molecule has 0 bridgehead atoms. The van der Waals surface area contributed by atoms with Crippen LogP contribution in [0.25, 0.3) is 0 Å². The number of ketones is 1. The van der Waals surface area contributed by atoms with Gasteiger partial charge in [0.05, 0.1) is 18.8 Å². The number of benzene rings is 1. The number of rotatable bonds is 9. The van der Waals surface area contributed by atoms with Gasteiger partial charge in [-0.3, -0.25) is 20.5 Å². The van der Waals surface area contributed by atoms with Gasteiger partial charge in [0.15, 0.2) is 11.6 Å². The van der Waals surface area contributed by atoms with Crippen molar-refractivity contribution in [2.75, 3.05) is 13.2 Å². The number of aliphatic hydroxyl groups excluding tert-OH is 2. The number of halogens is 1. The molecule has 0 saturated carbocycles. The van der Waals surface area contributed by atoms with Gasteiger partial charge in [-0.1, -0.05) is 6.07 Å². The van der Waals surface area contributed by atoms with Gasteiger partial charge in [0.25, 0.3) is 5.88 Å². The van der Waals surface area contributed by atoms with Gasteiger partial charge in [0.1, 0.15) is 12.4 Å². The van der Waals surface area contributed by atoms with Crippen LogP contribution >= 0.6 is 0 Å². The molecule has 1 aliphatic rings. The smallest absolute Gasteiger partial charge is 0.287 e. The Balaban J connectivity index is 1.65. The molecule has 4 N–H and O–H groups in total. The Morgan fingerprint density at radius 3 is 3.04 bits per heavy atom. The second kappa shape index (κ2) is 8.87. The number of aliphatic hydroxyl groups is 2. The molecule has 0 amide bonds. The molecule has 0 saturated heterocycles. The van der Waals surface area contributed by atoms with Crippen molar-refractivity contribution in [3.63, 3.8) is 0 Å². The molecule has 1 heterocycles. The number of nitrogens with one attached hydrogen (secondary N) is 1. The highest BCUT2D eigenvalue weighted by Crippen LogP contribution is 2.37. The fourth-order valence-corrected chi connectivity index (χ4v) is 2.72. The number of amidine groups is 1. The fraction of sp³-hybridized carbons (Fsp3) is 0.412. The predicted octanol–water partition coefficient (Wildman–Crippen LogP) is 0.313. The maximum atomic E-state index is 13.4. The van der Waals surface area contributed by atoms with Crippen molar-refractivity contribution in [2.24, 2.45) is 4.99 Å². The van der Waals surface area contributed by atoms with Crippen LogP contribution in [-0.4, -0.2) is 56.7 Å². The number of hydroxylamine groups is 1. The zero-order chi connectivity index (χ0) is 20.1. The number of Topliss-reactive ketones (excluding diaryl/α,β-unsaturated/α-hetero) is 1. The van der Waals surface area contributed by atoms with E-state index in [-0.39, 0.29) is 54.5 Å². The zero-order valence-electron chi connectivity index (χ0n) is 14.7.